The third kappa shape index (κ3) is 2.94. The molecular formula is C14H19ClN3O2+. The molecule has 0 saturated carbocycles. The molecule has 0 spiro atoms. The lowest BCUT2D eigenvalue weighted by Gasteiger charge is -2.26. The number of amides is 3. The van der Waals surface area contributed by atoms with Gasteiger partial charge in [0.25, 0.3) is 5.91 Å². The number of unbranched alkanes of at least 4 members (excludes halogenated alkanes) is 2. The molecular weight excluding hydrogens is 278 g/mol. The van der Waals surface area contributed by atoms with Crippen molar-refractivity contribution in [2.75, 3.05) is 6.54 Å². The molecule has 1 aromatic rings. The van der Waals surface area contributed by atoms with Crippen LogP contribution in [0.15, 0.2) is 24.3 Å². The Balaban J connectivity index is 2.22. The highest BCUT2D eigenvalue weighted by atomic mass is 35.5. The van der Waals surface area contributed by atoms with E-state index in [0.29, 0.717) is 11.4 Å². The van der Waals surface area contributed by atoms with Gasteiger partial charge in [0.05, 0.1) is 6.54 Å². The minimum Gasteiger partial charge on any atom is -0.358 e. The largest absolute Gasteiger partial charge is 0.358 e. The standard InChI is InChI=1S/C14H18ClN3O2/c15-11-6-4-10(5-7-11)14(8-2-1-3-9-16)12(19)17-13(20)18-14/h4-7H,1-3,8-9,16H2,(H2,17,18,19,20)/p+1/t14-/m0/s1. The van der Waals surface area contributed by atoms with E-state index in [-0.39, 0.29) is 5.91 Å². The van der Waals surface area contributed by atoms with Gasteiger partial charge in [-0.15, -0.1) is 0 Å². The van der Waals surface area contributed by atoms with E-state index in [1.54, 1.807) is 24.3 Å². The van der Waals surface area contributed by atoms with Crippen LogP contribution in [0.25, 0.3) is 0 Å². The average Bonchev–Trinajstić information content (AvgIpc) is 2.71. The monoisotopic (exact) mass is 296 g/mol. The summed E-state index contributed by atoms with van der Waals surface area (Å²) in [7, 11) is 0. The highest BCUT2D eigenvalue weighted by Crippen LogP contribution is 2.31. The third-order valence-electron chi connectivity index (χ3n) is 3.58. The first kappa shape index (κ1) is 14.8. The molecule has 20 heavy (non-hydrogen) atoms. The van der Waals surface area contributed by atoms with Crippen LogP contribution >= 0.6 is 11.6 Å². The van der Waals surface area contributed by atoms with Crippen molar-refractivity contribution in [2.45, 2.75) is 31.2 Å². The molecule has 3 amide bonds. The van der Waals surface area contributed by atoms with Crippen LogP contribution in [0.3, 0.4) is 0 Å². The molecule has 1 aliphatic heterocycles. The molecule has 0 radical (unpaired) electrons. The Bertz CT molecular complexity index is 504. The first-order valence-corrected chi connectivity index (χ1v) is 7.15. The number of halogens is 1. The van der Waals surface area contributed by atoms with E-state index in [1.165, 1.54) is 0 Å². The second-order valence-electron chi connectivity index (χ2n) is 4.98. The van der Waals surface area contributed by atoms with Crippen LogP contribution in [0.2, 0.25) is 5.02 Å². The van der Waals surface area contributed by atoms with Crippen LogP contribution in [-0.2, 0) is 10.3 Å². The van der Waals surface area contributed by atoms with Gasteiger partial charge in [0.1, 0.15) is 5.54 Å². The lowest BCUT2D eigenvalue weighted by molar-refractivity contribution is -0.368. The Morgan fingerprint density at radius 3 is 2.35 bits per heavy atom. The molecule has 0 bridgehead atoms. The second-order valence-corrected chi connectivity index (χ2v) is 5.42. The zero-order valence-electron chi connectivity index (χ0n) is 11.2. The van der Waals surface area contributed by atoms with Crippen molar-refractivity contribution in [3.8, 4) is 0 Å². The van der Waals surface area contributed by atoms with Gasteiger partial charge in [-0.25, -0.2) is 4.79 Å². The van der Waals surface area contributed by atoms with Gasteiger partial charge < -0.3 is 11.1 Å². The Labute approximate surface area is 122 Å². The minimum absolute atomic E-state index is 0.292. The molecule has 1 aromatic carbocycles. The molecule has 1 heterocycles. The number of nitrogens with one attached hydrogen (secondary N) is 2. The Hall–Kier alpha value is -1.59. The van der Waals surface area contributed by atoms with Crippen LogP contribution in [0.1, 0.15) is 31.2 Å². The molecule has 0 aromatic heterocycles. The van der Waals surface area contributed by atoms with Gasteiger partial charge in [0.15, 0.2) is 0 Å². The summed E-state index contributed by atoms with van der Waals surface area (Å²) in [5, 5.41) is 5.70. The van der Waals surface area contributed by atoms with Crippen molar-refractivity contribution in [1.82, 2.24) is 10.6 Å². The van der Waals surface area contributed by atoms with Crippen molar-refractivity contribution in [1.29, 1.82) is 0 Å². The maximum absolute atomic E-state index is 12.2. The van der Waals surface area contributed by atoms with Gasteiger partial charge in [-0.05, 0) is 43.4 Å². The van der Waals surface area contributed by atoms with Crippen LogP contribution in [-0.4, -0.2) is 18.5 Å². The number of hydrogen-bond donors (Lipinski definition) is 3. The number of carbonyl (C=O) groups excluding carboxylic acids is 2. The second kappa shape index (κ2) is 6.24. The van der Waals surface area contributed by atoms with E-state index >= 15 is 0 Å². The third-order valence-corrected chi connectivity index (χ3v) is 3.83. The molecule has 1 fully saturated rings. The number of urea groups is 1. The van der Waals surface area contributed by atoms with Crippen LogP contribution in [0.4, 0.5) is 4.79 Å². The van der Waals surface area contributed by atoms with Gasteiger partial charge in [-0.2, -0.15) is 0 Å². The van der Waals surface area contributed by atoms with Gasteiger partial charge in [-0.1, -0.05) is 23.7 Å². The molecule has 5 nitrogen and oxygen atoms in total. The van der Waals surface area contributed by atoms with E-state index in [0.717, 1.165) is 31.4 Å². The predicted octanol–water partition coefficient (Wildman–Crippen LogP) is 1.18. The van der Waals surface area contributed by atoms with E-state index in [9.17, 15) is 9.59 Å². The maximum atomic E-state index is 12.2. The maximum Gasteiger partial charge on any atom is 0.322 e. The minimum atomic E-state index is -0.969. The summed E-state index contributed by atoms with van der Waals surface area (Å²) >= 11 is 5.88. The van der Waals surface area contributed by atoms with Crippen LogP contribution < -0.4 is 16.4 Å². The zero-order chi connectivity index (χ0) is 14.6. The SMILES string of the molecule is [NH3+]CCCCC[C@@]1(c2ccc(Cl)cc2)NC(=O)NC1=O. The number of imide groups is 1. The average molecular weight is 297 g/mol. The fourth-order valence-corrected chi connectivity index (χ4v) is 2.62. The number of quaternary nitrogens is 1. The summed E-state index contributed by atoms with van der Waals surface area (Å²) < 4.78 is 0. The van der Waals surface area contributed by atoms with Crippen molar-refractivity contribution in [2.24, 2.45) is 0 Å². The summed E-state index contributed by atoms with van der Waals surface area (Å²) in [6.45, 7) is 0.881. The molecule has 1 aliphatic rings. The Kier molecular flexibility index (Phi) is 4.62. The van der Waals surface area contributed by atoms with Crippen LogP contribution in [0, 0.1) is 0 Å². The number of carbonyl (C=O) groups is 2. The predicted molar refractivity (Wildman–Crippen MR) is 76.0 cm³/mol. The van der Waals surface area contributed by atoms with Crippen molar-refractivity contribution >= 4 is 23.5 Å². The number of rotatable bonds is 6. The lowest BCUT2D eigenvalue weighted by Crippen LogP contribution is -2.50. The Morgan fingerprint density at radius 1 is 1.10 bits per heavy atom. The van der Waals surface area contributed by atoms with E-state index in [1.807, 2.05) is 0 Å². The molecule has 108 valence electrons. The molecule has 1 atom stereocenters. The van der Waals surface area contributed by atoms with Gasteiger partial charge in [0, 0.05) is 5.02 Å². The van der Waals surface area contributed by atoms with Crippen molar-refractivity contribution in [3.05, 3.63) is 34.9 Å². The van der Waals surface area contributed by atoms with E-state index < -0.39 is 11.6 Å². The van der Waals surface area contributed by atoms with Crippen molar-refractivity contribution < 1.29 is 15.3 Å². The first-order chi connectivity index (χ1) is 9.58. The zero-order valence-corrected chi connectivity index (χ0v) is 12.0. The summed E-state index contributed by atoms with van der Waals surface area (Å²) in [6, 6.07) is 6.59. The molecule has 0 aliphatic carbocycles. The van der Waals surface area contributed by atoms with Gasteiger partial charge in [-0.3, -0.25) is 10.1 Å². The van der Waals surface area contributed by atoms with E-state index in [4.69, 9.17) is 11.6 Å². The fourth-order valence-electron chi connectivity index (χ4n) is 2.49. The smallest absolute Gasteiger partial charge is 0.322 e. The first-order valence-electron chi connectivity index (χ1n) is 6.77. The normalized spacial score (nSPS) is 21.7. The van der Waals surface area contributed by atoms with Crippen molar-refractivity contribution in [3.63, 3.8) is 0 Å². The highest BCUT2D eigenvalue weighted by Gasteiger charge is 2.46. The molecule has 0 unspecified atom stereocenters. The molecule has 1 saturated heterocycles. The fraction of sp³-hybridized carbons (Fsp3) is 0.429. The van der Waals surface area contributed by atoms with Gasteiger partial charge in [0.2, 0.25) is 0 Å². The summed E-state index contributed by atoms with van der Waals surface area (Å²) in [5.74, 6) is -0.292. The van der Waals surface area contributed by atoms with E-state index in [2.05, 4.69) is 16.4 Å². The summed E-state index contributed by atoms with van der Waals surface area (Å²) in [6.07, 6.45) is 3.44. The quantitative estimate of drug-likeness (QED) is 0.544. The lowest BCUT2D eigenvalue weighted by atomic mass is 9.85. The van der Waals surface area contributed by atoms with Crippen LogP contribution in [0.5, 0.6) is 0 Å². The molecule has 2 rings (SSSR count). The molecule has 5 N–H and O–H groups in total. The van der Waals surface area contributed by atoms with Gasteiger partial charge >= 0.3 is 6.03 Å². The molecule has 6 heteroatoms. The number of hydrogen-bond acceptors (Lipinski definition) is 2. The number of benzene rings is 1. The summed E-state index contributed by atoms with van der Waals surface area (Å²) in [5.41, 5.74) is 3.60. The highest BCUT2D eigenvalue weighted by molar-refractivity contribution is 6.30. The Morgan fingerprint density at radius 2 is 1.80 bits per heavy atom. The summed E-state index contributed by atoms with van der Waals surface area (Å²) in [4.78, 5) is 23.7. The topological polar surface area (TPSA) is 85.8 Å².